The molecule has 0 spiro atoms. The Morgan fingerprint density at radius 2 is 2.19 bits per heavy atom. The molecule has 0 atom stereocenters. The molecule has 1 aromatic carbocycles. The van der Waals surface area contributed by atoms with E-state index in [0.717, 1.165) is 35.2 Å². The predicted octanol–water partition coefficient (Wildman–Crippen LogP) is 4.49. The van der Waals surface area contributed by atoms with Crippen LogP contribution in [-0.4, -0.2) is 16.5 Å². The maximum atomic E-state index is 6.09. The fourth-order valence-electron chi connectivity index (χ4n) is 1.75. The molecule has 0 aliphatic heterocycles. The van der Waals surface area contributed by atoms with Crippen LogP contribution in [0.15, 0.2) is 28.9 Å². The maximum Gasteiger partial charge on any atom is 0.322 e. The minimum atomic E-state index is 0.298. The summed E-state index contributed by atoms with van der Waals surface area (Å²) in [6.07, 6.45) is 2.88. The molecule has 0 aliphatic carbocycles. The van der Waals surface area contributed by atoms with Gasteiger partial charge in [-0.25, -0.2) is 4.98 Å². The van der Waals surface area contributed by atoms with Gasteiger partial charge in [-0.15, -0.1) is 0 Å². The molecule has 0 bridgehead atoms. The highest BCUT2D eigenvalue weighted by Gasteiger charge is 2.08. The number of hydrogen-bond donors (Lipinski definition) is 1. The van der Waals surface area contributed by atoms with Gasteiger partial charge in [-0.1, -0.05) is 34.5 Å². The molecule has 6 heteroatoms. The van der Waals surface area contributed by atoms with Crippen LogP contribution in [0.3, 0.4) is 0 Å². The van der Waals surface area contributed by atoms with Gasteiger partial charge in [0.05, 0.1) is 5.02 Å². The Morgan fingerprint density at radius 3 is 2.90 bits per heavy atom. The zero-order valence-corrected chi connectivity index (χ0v) is 14.3. The second-order valence-corrected chi connectivity index (χ2v) is 5.94. The molecular formula is C15H17BrClN3O. The van der Waals surface area contributed by atoms with Gasteiger partial charge in [-0.2, -0.15) is 4.98 Å². The van der Waals surface area contributed by atoms with E-state index in [1.165, 1.54) is 0 Å². The molecule has 0 fully saturated rings. The van der Waals surface area contributed by atoms with Crippen LogP contribution >= 0.6 is 27.5 Å². The van der Waals surface area contributed by atoms with E-state index in [0.29, 0.717) is 16.8 Å². The number of benzene rings is 1. The Balaban J connectivity index is 2.11. The van der Waals surface area contributed by atoms with Crippen molar-refractivity contribution in [3.8, 4) is 11.8 Å². The van der Waals surface area contributed by atoms with Crippen molar-refractivity contribution in [1.29, 1.82) is 0 Å². The minimum absolute atomic E-state index is 0.298. The van der Waals surface area contributed by atoms with Crippen molar-refractivity contribution < 1.29 is 4.74 Å². The standard InChI is InChI=1S/C15H17BrClN3O/c1-3-6-18-8-11-9-19-15(20-10(11)2)21-14-7-12(16)4-5-13(14)17/h4-5,7,9,18H,3,6,8H2,1-2H3. The average Bonchev–Trinajstić information content (AvgIpc) is 2.45. The van der Waals surface area contributed by atoms with E-state index in [2.05, 4.69) is 38.1 Å². The first-order valence-corrected chi connectivity index (χ1v) is 7.93. The van der Waals surface area contributed by atoms with Gasteiger partial charge in [-0.3, -0.25) is 0 Å². The molecule has 0 radical (unpaired) electrons. The molecule has 4 nitrogen and oxygen atoms in total. The van der Waals surface area contributed by atoms with Crippen molar-refractivity contribution in [2.24, 2.45) is 0 Å². The Labute approximate surface area is 138 Å². The average molecular weight is 371 g/mol. The van der Waals surface area contributed by atoms with Gasteiger partial charge >= 0.3 is 6.01 Å². The highest BCUT2D eigenvalue weighted by atomic mass is 79.9. The molecule has 21 heavy (non-hydrogen) atoms. The first kappa shape index (κ1) is 16.2. The van der Waals surface area contributed by atoms with Crippen LogP contribution in [0.4, 0.5) is 0 Å². The molecule has 0 saturated carbocycles. The van der Waals surface area contributed by atoms with E-state index in [4.69, 9.17) is 16.3 Å². The third-order valence-corrected chi connectivity index (χ3v) is 3.70. The van der Waals surface area contributed by atoms with Gasteiger partial charge in [0, 0.05) is 28.5 Å². The smallest absolute Gasteiger partial charge is 0.322 e. The molecule has 112 valence electrons. The molecule has 0 amide bonds. The van der Waals surface area contributed by atoms with Gasteiger partial charge in [0.1, 0.15) is 0 Å². The SMILES string of the molecule is CCCNCc1cnc(Oc2cc(Br)ccc2Cl)nc1C. The molecule has 1 heterocycles. The normalized spacial score (nSPS) is 10.7. The summed E-state index contributed by atoms with van der Waals surface area (Å²) in [5.41, 5.74) is 1.96. The summed E-state index contributed by atoms with van der Waals surface area (Å²) in [4.78, 5) is 8.61. The molecule has 1 N–H and O–H groups in total. The van der Waals surface area contributed by atoms with E-state index < -0.39 is 0 Å². The summed E-state index contributed by atoms with van der Waals surface area (Å²) in [6.45, 7) is 5.82. The van der Waals surface area contributed by atoms with Gasteiger partial charge in [0.25, 0.3) is 0 Å². The lowest BCUT2D eigenvalue weighted by Crippen LogP contribution is -2.15. The van der Waals surface area contributed by atoms with Crippen LogP contribution in [0.5, 0.6) is 11.8 Å². The largest absolute Gasteiger partial charge is 0.423 e. The summed E-state index contributed by atoms with van der Waals surface area (Å²) in [7, 11) is 0. The molecular weight excluding hydrogens is 354 g/mol. The monoisotopic (exact) mass is 369 g/mol. The fraction of sp³-hybridized carbons (Fsp3) is 0.333. The number of aryl methyl sites for hydroxylation is 1. The number of ether oxygens (including phenoxy) is 1. The van der Waals surface area contributed by atoms with Crippen molar-refractivity contribution in [1.82, 2.24) is 15.3 Å². The van der Waals surface area contributed by atoms with Gasteiger partial charge < -0.3 is 10.1 Å². The molecule has 0 aliphatic rings. The summed E-state index contributed by atoms with van der Waals surface area (Å²) < 4.78 is 6.53. The zero-order chi connectivity index (χ0) is 15.2. The van der Waals surface area contributed by atoms with Gasteiger partial charge in [0.15, 0.2) is 5.75 Å². The van der Waals surface area contributed by atoms with Crippen LogP contribution in [0.25, 0.3) is 0 Å². The van der Waals surface area contributed by atoms with Crippen molar-refractivity contribution >= 4 is 27.5 Å². The first-order chi connectivity index (χ1) is 10.1. The number of nitrogens with zero attached hydrogens (tertiary/aromatic N) is 2. The molecule has 1 aromatic heterocycles. The number of aromatic nitrogens is 2. The lowest BCUT2D eigenvalue weighted by molar-refractivity contribution is 0.439. The second-order valence-electron chi connectivity index (χ2n) is 4.62. The molecule has 0 saturated heterocycles. The van der Waals surface area contributed by atoms with Crippen LogP contribution in [0.2, 0.25) is 5.02 Å². The van der Waals surface area contributed by atoms with Crippen LogP contribution < -0.4 is 10.1 Å². The van der Waals surface area contributed by atoms with Crippen LogP contribution in [0, 0.1) is 6.92 Å². The topological polar surface area (TPSA) is 47.0 Å². The van der Waals surface area contributed by atoms with E-state index in [1.54, 1.807) is 18.3 Å². The Hall–Kier alpha value is -1.17. The van der Waals surface area contributed by atoms with E-state index in [-0.39, 0.29) is 0 Å². The fourth-order valence-corrected chi connectivity index (χ4v) is 2.24. The number of hydrogen-bond acceptors (Lipinski definition) is 4. The Kier molecular flexibility index (Phi) is 5.96. The highest BCUT2D eigenvalue weighted by Crippen LogP contribution is 2.30. The lowest BCUT2D eigenvalue weighted by Gasteiger charge is -2.09. The maximum absolute atomic E-state index is 6.09. The third kappa shape index (κ3) is 4.66. The van der Waals surface area contributed by atoms with Gasteiger partial charge in [-0.05, 0) is 38.1 Å². The quantitative estimate of drug-likeness (QED) is 0.761. The number of nitrogens with one attached hydrogen (secondary N) is 1. The number of halogens is 2. The van der Waals surface area contributed by atoms with Crippen molar-refractivity contribution in [2.45, 2.75) is 26.8 Å². The third-order valence-electron chi connectivity index (χ3n) is 2.90. The van der Waals surface area contributed by atoms with Crippen molar-refractivity contribution in [2.75, 3.05) is 6.54 Å². The van der Waals surface area contributed by atoms with Crippen molar-refractivity contribution in [3.05, 3.63) is 45.1 Å². The predicted molar refractivity (Wildman–Crippen MR) is 88.0 cm³/mol. The number of rotatable bonds is 6. The molecule has 2 aromatic rings. The van der Waals surface area contributed by atoms with E-state index >= 15 is 0 Å². The zero-order valence-electron chi connectivity index (χ0n) is 12.0. The highest BCUT2D eigenvalue weighted by molar-refractivity contribution is 9.10. The molecule has 0 unspecified atom stereocenters. The summed E-state index contributed by atoms with van der Waals surface area (Å²) in [5.74, 6) is 0.530. The summed E-state index contributed by atoms with van der Waals surface area (Å²) in [6, 6.07) is 5.70. The Morgan fingerprint density at radius 1 is 1.38 bits per heavy atom. The Bertz CT molecular complexity index is 622. The van der Waals surface area contributed by atoms with Gasteiger partial charge in [0.2, 0.25) is 0 Å². The summed E-state index contributed by atoms with van der Waals surface area (Å²) in [5, 5.41) is 3.85. The van der Waals surface area contributed by atoms with E-state index in [9.17, 15) is 0 Å². The van der Waals surface area contributed by atoms with Crippen LogP contribution in [-0.2, 0) is 6.54 Å². The minimum Gasteiger partial charge on any atom is -0.423 e. The first-order valence-electron chi connectivity index (χ1n) is 6.76. The molecule has 2 rings (SSSR count). The van der Waals surface area contributed by atoms with Crippen LogP contribution in [0.1, 0.15) is 24.6 Å². The summed E-state index contributed by atoms with van der Waals surface area (Å²) >= 11 is 9.47. The van der Waals surface area contributed by atoms with Crippen molar-refractivity contribution in [3.63, 3.8) is 0 Å². The lowest BCUT2D eigenvalue weighted by atomic mass is 10.2. The van der Waals surface area contributed by atoms with E-state index in [1.807, 2.05) is 13.0 Å². The second kappa shape index (κ2) is 7.73.